The number of aromatic nitrogens is 2. The van der Waals surface area contributed by atoms with E-state index in [9.17, 15) is 4.79 Å². The number of rotatable bonds is 5. The van der Waals surface area contributed by atoms with Crippen molar-refractivity contribution < 1.29 is 9.21 Å². The van der Waals surface area contributed by atoms with Gasteiger partial charge in [0.2, 0.25) is 11.8 Å². The molecule has 1 aromatic heterocycles. The first kappa shape index (κ1) is 17.7. The van der Waals surface area contributed by atoms with Crippen molar-refractivity contribution in [3.63, 3.8) is 0 Å². The molecule has 0 saturated heterocycles. The van der Waals surface area contributed by atoms with E-state index in [0.717, 1.165) is 21.9 Å². The third kappa shape index (κ3) is 3.68. The van der Waals surface area contributed by atoms with Gasteiger partial charge < -0.3 is 9.73 Å². The first-order chi connectivity index (χ1) is 13.1. The maximum absolute atomic E-state index is 12.5. The van der Waals surface area contributed by atoms with Gasteiger partial charge in [-0.25, -0.2) is 0 Å². The normalized spacial score (nSPS) is 31.2. The van der Waals surface area contributed by atoms with Crippen molar-refractivity contribution in [2.75, 3.05) is 5.75 Å². The molecular formula is C20H22BrN3O2S. The average Bonchev–Trinajstić information content (AvgIpc) is 3.12. The van der Waals surface area contributed by atoms with Gasteiger partial charge in [-0.2, -0.15) is 0 Å². The molecule has 0 spiro atoms. The van der Waals surface area contributed by atoms with Crippen molar-refractivity contribution in [3.05, 3.63) is 28.7 Å². The molecule has 4 bridgehead atoms. The zero-order chi connectivity index (χ0) is 18.4. The number of halogens is 1. The van der Waals surface area contributed by atoms with Crippen LogP contribution in [0, 0.1) is 23.7 Å². The number of thioether (sulfide) groups is 1. The smallest absolute Gasteiger partial charge is 0.277 e. The molecule has 5 nitrogen and oxygen atoms in total. The Hall–Kier alpha value is -1.34. The number of carbonyl (C=O) groups excluding carboxylic acids is 1. The van der Waals surface area contributed by atoms with Crippen molar-refractivity contribution in [1.29, 1.82) is 0 Å². The fourth-order valence-corrected chi connectivity index (χ4v) is 6.33. The van der Waals surface area contributed by atoms with E-state index in [1.807, 2.05) is 24.3 Å². The highest BCUT2D eigenvalue weighted by molar-refractivity contribution is 9.10. The predicted octanol–water partition coefficient (Wildman–Crippen LogP) is 4.53. The van der Waals surface area contributed by atoms with Crippen LogP contribution in [0.15, 0.2) is 38.4 Å². The van der Waals surface area contributed by atoms with Gasteiger partial charge in [0.1, 0.15) is 0 Å². The highest BCUT2D eigenvalue weighted by Gasteiger charge is 2.48. The van der Waals surface area contributed by atoms with Gasteiger partial charge in [-0.1, -0.05) is 27.7 Å². The summed E-state index contributed by atoms with van der Waals surface area (Å²) >= 11 is 4.72. The van der Waals surface area contributed by atoms with E-state index in [0.29, 0.717) is 34.7 Å². The van der Waals surface area contributed by atoms with E-state index in [1.165, 1.54) is 43.9 Å². The van der Waals surface area contributed by atoms with E-state index in [4.69, 9.17) is 4.42 Å². The molecule has 1 heterocycles. The Morgan fingerprint density at radius 3 is 2.41 bits per heavy atom. The minimum Gasteiger partial charge on any atom is -0.411 e. The monoisotopic (exact) mass is 447 g/mol. The molecule has 0 unspecified atom stereocenters. The van der Waals surface area contributed by atoms with Crippen molar-refractivity contribution in [1.82, 2.24) is 15.5 Å². The number of nitrogens with one attached hydrogen (secondary N) is 1. The zero-order valence-corrected chi connectivity index (χ0v) is 17.3. The van der Waals surface area contributed by atoms with Crippen molar-refractivity contribution in [2.24, 2.45) is 23.7 Å². The molecule has 2 aromatic rings. The summed E-state index contributed by atoms with van der Waals surface area (Å²) in [6, 6.07) is 8.10. The molecule has 4 aliphatic carbocycles. The third-order valence-electron chi connectivity index (χ3n) is 6.38. The molecule has 4 fully saturated rings. The van der Waals surface area contributed by atoms with Crippen LogP contribution >= 0.6 is 27.7 Å². The Balaban J connectivity index is 1.16. The Bertz CT molecular complexity index is 810. The van der Waals surface area contributed by atoms with Gasteiger partial charge in [0.25, 0.3) is 5.22 Å². The van der Waals surface area contributed by atoms with Crippen LogP contribution < -0.4 is 5.32 Å². The first-order valence-electron chi connectivity index (χ1n) is 9.65. The van der Waals surface area contributed by atoms with Gasteiger partial charge in [-0.05, 0) is 80.0 Å². The van der Waals surface area contributed by atoms with E-state index in [1.54, 1.807) is 0 Å². The summed E-state index contributed by atoms with van der Waals surface area (Å²) in [6.45, 7) is 0. The minimum atomic E-state index is 0.0841. The van der Waals surface area contributed by atoms with Gasteiger partial charge in [0, 0.05) is 16.1 Å². The minimum absolute atomic E-state index is 0.0841. The maximum Gasteiger partial charge on any atom is 0.277 e. The van der Waals surface area contributed by atoms with E-state index >= 15 is 0 Å². The molecule has 7 heteroatoms. The van der Waals surface area contributed by atoms with Crippen LogP contribution in [0.4, 0.5) is 0 Å². The van der Waals surface area contributed by atoms with Crippen LogP contribution in [-0.4, -0.2) is 27.9 Å². The van der Waals surface area contributed by atoms with Crippen LogP contribution in [0.3, 0.4) is 0 Å². The molecule has 1 aromatic carbocycles. The summed E-state index contributed by atoms with van der Waals surface area (Å²) in [4.78, 5) is 12.5. The van der Waals surface area contributed by atoms with Crippen LogP contribution in [0.1, 0.15) is 32.1 Å². The van der Waals surface area contributed by atoms with E-state index in [-0.39, 0.29) is 5.91 Å². The lowest BCUT2D eigenvalue weighted by Crippen LogP contribution is -2.56. The first-order valence-corrected chi connectivity index (χ1v) is 11.4. The second kappa shape index (κ2) is 7.24. The molecule has 27 heavy (non-hydrogen) atoms. The van der Waals surface area contributed by atoms with E-state index in [2.05, 4.69) is 31.4 Å². The molecule has 4 saturated carbocycles. The molecule has 6 rings (SSSR count). The van der Waals surface area contributed by atoms with Crippen LogP contribution in [0.25, 0.3) is 11.5 Å². The molecular weight excluding hydrogens is 426 g/mol. The van der Waals surface area contributed by atoms with Crippen molar-refractivity contribution in [3.8, 4) is 11.5 Å². The topological polar surface area (TPSA) is 68.0 Å². The Labute approximate surface area is 171 Å². The van der Waals surface area contributed by atoms with Gasteiger partial charge in [-0.3, -0.25) is 4.79 Å². The second-order valence-electron chi connectivity index (χ2n) is 8.19. The summed E-state index contributed by atoms with van der Waals surface area (Å²) in [6.07, 6.45) is 6.68. The molecule has 0 aliphatic heterocycles. The fraction of sp³-hybridized carbons (Fsp3) is 0.550. The average molecular weight is 448 g/mol. The summed E-state index contributed by atoms with van der Waals surface area (Å²) in [5.41, 5.74) is 0.871. The molecule has 0 radical (unpaired) electrons. The van der Waals surface area contributed by atoms with Gasteiger partial charge in [0.05, 0.1) is 5.75 Å². The Morgan fingerprint density at radius 1 is 1.07 bits per heavy atom. The molecule has 4 aliphatic rings. The number of hydrogen-bond donors (Lipinski definition) is 1. The van der Waals surface area contributed by atoms with Crippen LogP contribution in [0.5, 0.6) is 0 Å². The van der Waals surface area contributed by atoms with Gasteiger partial charge in [-0.15, -0.1) is 10.2 Å². The molecule has 0 atom stereocenters. The largest absolute Gasteiger partial charge is 0.411 e. The highest BCUT2D eigenvalue weighted by atomic mass is 79.9. The summed E-state index contributed by atoms with van der Waals surface area (Å²) in [7, 11) is 0. The second-order valence-corrected chi connectivity index (χ2v) is 10.0. The van der Waals surface area contributed by atoms with Gasteiger partial charge in [0.15, 0.2) is 0 Å². The number of benzene rings is 1. The van der Waals surface area contributed by atoms with Crippen molar-refractivity contribution in [2.45, 2.75) is 43.4 Å². The van der Waals surface area contributed by atoms with E-state index < -0.39 is 0 Å². The maximum atomic E-state index is 12.5. The quantitative estimate of drug-likeness (QED) is 0.681. The highest BCUT2D eigenvalue weighted by Crippen LogP contribution is 2.53. The fourth-order valence-electron chi connectivity index (χ4n) is 5.49. The number of carbonyl (C=O) groups is 1. The Kier molecular flexibility index (Phi) is 4.76. The summed E-state index contributed by atoms with van der Waals surface area (Å²) < 4.78 is 6.69. The lowest BCUT2D eigenvalue weighted by atomic mass is 9.54. The third-order valence-corrected chi connectivity index (χ3v) is 7.73. The molecule has 1 N–H and O–H groups in total. The zero-order valence-electron chi connectivity index (χ0n) is 14.9. The van der Waals surface area contributed by atoms with Crippen molar-refractivity contribution >= 4 is 33.6 Å². The SMILES string of the molecule is O=C(CSc1nnc(-c2ccc(Br)cc2)o1)NC1C2CC3CC(C2)CC1C3. The van der Waals surface area contributed by atoms with Crippen LogP contribution in [-0.2, 0) is 4.79 Å². The molecule has 142 valence electrons. The molecule has 1 amide bonds. The standard InChI is InChI=1S/C20H22BrN3O2S/c21-16-3-1-13(2-4-16)19-23-24-20(26-19)27-10-17(25)22-18-14-6-11-5-12(8-14)9-15(18)7-11/h1-4,11-12,14-15,18H,5-10H2,(H,22,25). The van der Waals surface area contributed by atoms with Crippen LogP contribution in [0.2, 0.25) is 0 Å². The summed E-state index contributed by atoms with van der Waals surface area (Å²) in [5.74, 6) is 4.12. The number of nitrogens with zero attached hydrogens (tertiary/aromatic N) is 2. The summed E-state index contributed by atoms with van der Waals surface area (Å²) in [5, 5.41) is 11.9. The predicted molar refractivity (Wildman–Crippen MR) is 107 cm³/mol. The number of amides is 1. The lowest BCUT2D eigenvalue weighted by Gasteiger charge is -2.54. The Morgan fingerprint density at radius 2 is 1.74 bits per heavy atom. The number of hydrogen-bond acceptors (Lipinski definition) is 5. The van der Waals surface area contributed by atoms with Gasteiger partial charge >= 0.3 is 0 Å². The lowest BCUT2D eigenvalue weighted by molar-refractivity contribution is -0.122.